The van der Waals surface area contributed by atoms with E-state index in [0.29, 0.717) is 36.3 Å². The molecule has 5 heteroatoms. The highest BCUT2D eigenvalue weighted by molar-refractivity contribution is 5.93. The van der Waals surface area contributed by atoms with Gasteiger partial charge in [0.05, 0.1) is 24.9 Å². The van der Waals surface area contributed by atoms with E-state index >= 15 is 0 Å². The van der Waals surface area contributed by atoms with E-state index in [9.17, 15) is 0 Å². The van der Waals surface area contributed by atoms with E-state index in [2.05, 4.69) is 37.8 Å². The molecule has 0 aromatic rings. The first-order valence-electron chi connectivity index (χ1n) is 10.0. The van der Waals surface area contributed by atoms with Crippen LogP contribution in [-0.2, 0) is 9.47 Å². The first kappa shape index (κ1) is 16.5. The van der Waals surface area contributed by atoms with Gasteiger partial charge in [0.25, 0.3) is 0 Å². The van der Waals surface area contributed by atoms with Crippen LogP contribution in [0.4, 0.5) is 0 Å². The van der Waals surface area contributed by atoms with Crippen molar-refractivity contribution in [3.63, 3.8) is 0 Å². The first-order valence-corrected chi connectivity index (χ1v) is 10.0. The summed E-state index contributed by atoms with van der Waals surface area (Å²) < 4.78 is 12.2. The van der Waals surface area contributed by atoms with Crippen LogP contribution in [0.3, 0.4) is 0 Å². The van der Waals surface area contributed by atoms with Crippen molar-refractivity contribution in [3.05, 3.63) is 23.4 Å². The van der Waals surface area contributed by atoms with Gasteiger partial charge in [-0.25, -0.2) is 9.98 Å². The number of allylic oxidation sites excluding steroid dienone is 3. The maximum absolute atomic E-state index is 6.12. The quantitative estimate of drug-likeness (QED) is 0.762. The van der Waals surface area contributed by atoms with E-state index in [1.807, 2.05) is 0 Å². The van der Waals surface area contributed by atoms with Crippen LogP contribution >= 0.6 is 0 Å². The molecule has 0 spiro atoms. The van der Waals surface area contributed by atoms with Gasteiger partial charge in [-0.1, -0.05) is 6.92 Å². The van der Waals surface area contributed by atoms with Crippen molar-refractivity contribution in [1.29, 1.82) is 0 Å². The smallest absolute Gasteiger partial charge is 0.209 e. The van der Waals surface area contributed by atoms with Gasteiger partial charge in [0.2, 0.25) is 5.90 Å². The molecule has 5 aliphatic heterocycles. The molecule has 6 rings (SSSR count). The summed E-state index contributed by atoms with van der Waals surface area (Å²) in [6.45, 7) is 7.81. The Bertz CT molecular complexity index is 728. The van der Waals surface area contributed by atoms with Crippen molar-refractivity contribution in [2.45, 2.75) is 77.2 Å². The SMILES string of the molecule is CC1=C/C(C)=C/C(OCC2(C)CC2)=NCC(N2C3CC4CC2C(C3)O4)=N1. The summed E-state index contributed by atoms with van der Waals surface area (Å²) in [5.74, 6) is 1.83. The van der Waals surface area contributed by atoms with E-state index in [0.717, 1.165) is 48.9 Å². The predicted octanol–water partition coefficient (Wildman–Crippen LogP) is 3.47. The number of hydrogen-bond acceptors (Lipinski definition) is 5. The normalized spacial score (nSPS) is 39.3. The van der Waals surface area contributed by atoms with E-state index in [-0.39, 0.29) is 0 Å². The lowest BCUT2D eigenvalue weighted by molar-refractivity contribution is 0.00750. The Kier molecular flexibility index (Phi) is 3.78. The molecule has 0 aromatic heterocycles. The number of ether oxygens (including phenoxy) is 2. The van der Waals surface area contributed by atoms with Crippen molar-refractivity contribution in [2.75, 3.05) is 13.2 Å². The van der Waals surface area contributed by atoms with Gasteiger partial charge in [0.15, 0.2) is 0 Å². The van der Waals surface area contributed by atoms with Gasteiger partial charge < -0.3 is 14.4 Å². The van der Waals surface area contributed by atoms with Gasteiger partial charge in [-0.05, 0) is 57.6 Å². The van der Waals surface area contributed by atoms with Crippen molar-refractivity contribution < 1.29 is 9.47 Å². The van der Waals surface area contributed by atoms with E-state index in [1.54, 1.807) is 0 Å². The standard InChI is InChI=1S/C21H29N3O2/c1-13-6-14(2)23-19(11-22-20(7-13)25-12-21(3)4-5-21)24-15-8-16-10-17(24)18(9-15)26-16/h6-7,15-18H,4-5,8-12H2,1-3H3/b13-7+,14-6?,22-20?,23-19?. The summed E-state index contributed by atoms with van der Waals surface area (Å²) in [6, 6.07) is 1.06. The Morgan fingerprint density at radius 1 is 1.23 bits per heavy atom. The molecule has 0 N–H and O–H groups in total. The number of rotatable bonds is 2. The lowest BCUT2D eigenvalue weighted by atomic mass is 10.0. The molecular formula is C21H29N3O2. The first-order chi connectivity index (χ1) is 12.5. The number of nitrogens with zero attached hydrogens (tertiary/aromatic N) is 3. The monoisotopic (exact) mass is 355 g/mol. The average molecular weight is 355 g/mol. The largest absolute Gasteiger partial charge is 0.477 e. The molecule has 4 bridgehead atoms. The Balaban J connectivity index is 1.40. The fourth-order valence-corrected chi connectivity index (χ4v) is 4.90. The molecule has 4 atom stereocenters. The molecule has 5 fully saturated rings. The Hall–Kier alpha value is -1.62. The lowest BCUT2D eigenvalue weighted by Gasteiger charge is -2.37. The average Bonchev–Trinajstić information content (AvgIpc) is 3.17. The summed E-state index contributed by atoms with van der Waals surface area (Å²) >= 11 is 0. The highest BCUT2D eigenvalue weighted by atomic mass is 16.5. The van der Waals surface area contributed by atoms with Gasteiger partial charge >= 0.3 is 0 Å². The highest BCUT2D eigenvalue weighted by Crippen LogP contribution is 2.46. The molecule has 0 amide bonds. The second kappa shape index (κ2) is 5.95. The van der Waals surface area contributed by atoms with Crippen LogP contribution in [0.2, 0.25) is 0 Å². The Morgan fingerprint density at radius 2 is 2.08 bits per heavy atom. The minimum Gasteiger partial charge on any atom is -0.477 e. The molecule has 0 radical (unpaired) electrons. The van der Waals surface area contributed by atoms with Crippen LogP contribution in [0.15, 0.2) is 33.4 Å². The number of aliphatic imine (C=N–C) groups is 2. The second-order valence-electron chi connectivity index (χ2n) is 9.09. The van der Waals surface area contributed by atoms with Crippen molar-refractivity contribution >= 4 is 11.7 Å². The summed E-state index contributed by atoms with van der Waals surface area (Å²) in [4.78, 5) is 12.3. The minimum absolute atomic E-state index is 0.357. The van der Waals surface area contributed by atoms with Crippen LogP contribution in [0.25, 0.3) is 0 Å². The summed E-state index contributed by atoms with van der Waals surface area (Å²) in [5.41, 5.74) is 2.53. The zero-order chi connectivity index (χ0) is 17.9. The van der Waals surface area contributed by atoms with Crippen LogP contribution in [0.5, 0.6) is 0 Å². The van der Waals surface area contributed by atoms with Gasteiger partial charge in [0.1, 0.15) is 12.4 Å². The molecule has 26 heavy (non-hydrogen) atoms. The van der Waals surface area contributed by atoms with Gasteiger partial charge in [-0.15, -0.1) is 0 Å². The molecule has 0 aromatic carbocycles. The zero-order valence-electron chi connectivity index (χ0n) is 16.1. The van der Waals surface area contributed by atoms with Crippen LogP contribution in [0.1, 0.15) is 52.9 Å². The van der Waals surface area contributed by atoms with Gasteiger partial charge in [0, 0.05) is 23.2 Å². The predicted molar refractivity (Wildman–Crippen MR) is 102 cm³/mol. The molecular weight excluding hydrogens is 326 g/mol. The van der Waals surface area contributed by atoms with E-state index in [4.69, 9.17) is 19.5 Å². The third kappa shape index (κ3) is 3.00. The summed E-state index contributed by atoms with van der Waals surface area (Å²) in [6.07, 6.45) is 11.0. The highest BCUT2D eigenvalue weighted by Gasteiger charge is 2.54. The molecule has 4 unspecified atom stereocenters. The van der Waals surface area contributed by atoms with Crippen LogP contribution < -0.4 is 0 Å². The van der Waals surface area contributed by atoms with Crippen LogP contribution in [-0.4, -0.2) is 54.1 Å². The zero-order valence-corrected chi connectivity index (χ0v) is 16.1. The Morgan fingerprint density at radius 3 is 2.85 bits per heavy atom. The third-order valence-electron chi connectivity index (χ3n) is 6.53. The molecule has 140 valence electrons. The van der Waals surface area contributed by atoms with Crippen molar-refractivity contribution in [1.82, 2.24) is 4.90 Å². The topological polar surface area (TPSA) is 46.4 Å². The van der Waals surface area contributed by atoms with Gasteiger partial charge in [-0.2, -0.15) is 0 Å². The number of hydrogen-bond donors (Lipinski definition) is 0. The molecule has 1 saturated carbocycles. The van der Waals surface area contributed by atoms with Gasteiger partial charge in [-0.3, -0.25) is 0 Å². The van der Waals surface area contributed by atoms with E-state index < -0.39 is 0 Å². The van der Waals surface area contributed by atoms with E-state index in [1.165, 1.54) is 12.8 Å². The maximum atomic E-state index is 6.12. The number of amidine groups is 1. The lowest BCUT2D eigenvalue weighted by Crippen LogP contribution is -2.47. The maximum Gasteiger partial charge on any atom is 0.209 e. The molecule has 6 aliphatic rings. The van der Waals surface area contributed by atoms with Crippen LogP contribution in [0, 0.1) is 5.41 Å². The summed E-state index contributed by atoms with van der Waals surface area (Å²) in [7, 11) is 0. The number of piperidine rings is 1. The second-order valence-corrected chi connectivity index (χ2v) is 9.09. The minimum atomic E-state index is 0.357. The molecule has 4 saturated heterocycles. The van der Waals surface area contributed by atoms with Crippen molar-refractivity contribution in [2.24, 2.45) is 15.4 Å². The molecule has 1 aliphatic carbocycles. The summed E-state index contributed by atoms with van der Waals surface area (Å²) in [5, 5.41) is 0. The fourth-order valence-electron chi connectivity index (χ4n) is 4.90. The molecule has 5 nitrogen and oxygen atoms in total. The van der Waals surface area contributed by atoms with Crippen molar-refractivity contribution in [3.8, 4) is 0 Å². The third-order valence-corrected chi connectivity index (χ3v) is 6.53. The molecule has 5 heterocycles. The Labute approximate surface area is 155 Å². The fraction of sp³-hybridized carbons (Fsp3) is 0.714.